The Bertz CT molecular complexity index is 135. The van der Waals surface area contributed by atoms with Crippen molar-refractivity contribution in [2.75, 3.05) is 0 Å². The van der Waals surface area contributed by atoms with E-state index in [1.54, 1.807) is 0 Å². The normalized spacial score (nSPS) is 40.7. The van der Waals surface area contributed by atoms with Gasteiger partial charge in [0.1, 0.15) is 0 Å². The molecule has 0 spiro atoms. The van der Waals surface area contributed by atoms with E-state index in [2.05, 4.69) is 25.1 Å². The number of hydrogen-bond acceptors (Lipinski definition) is 1. The summed E-state index contributed by atoms with van der Waals surface area (Å²) < 4.78 is 0. The van der Waals surface area contributed by atoms with E-state index in [4.69, 9.17) is 6.42 Å². The van der Waals surface area contributed by atoms with Gasteiger partial charge in [-0.1, -0.05) is 12.8 Å². The third-order valence-electron chi connectivity index (χ3n) is 2.08. The van der Waals surface area contributed by atoms with E-state index in [1.807, 2.05) is 0 Å². The van der Waals surface area contributed by atoms with Crippen LogP contribution in [-0.4, -0.2) is 12.1 Å². The first-order valence-electron chi connectivity index (χ1n) is 3.94. The van der Waals surface area contributed by atoms with Gasteiger partial charge in [-0.15, -0.1) is 6.42 Å². The van der Waals surface area contributed by atoms with Gasteiger partial charge in [-0.05, 0) is 25.7 Å². The molecule has 1 nitrogen and oxygen atoms in total. The molecule has 1 rings (SSSR count). The van der Waals surface area contributed by atoms with Gasteiger partial charge in [-0.3, -0.25) is 0 Å². The Balaban J connectivity index is 2.44. The number of rotatable bonds is 0. The molecule has 1 heteroatoms. The molecule has 0 aromatic heterocycles. The maximum Gasteiger partial charge on any atom is 0.0691 e. The first-order chi connectivity index (χ1) is 4.72. The van der Waals surface area contributed by atoms with Crippen molar-refractivity contribution in [3.63, 3.8) is 0 Å². The molecule has 1 heterocycles. The fraction of sp³-hybridized carbons (Fsp3) is 0.778. The number of hydrogen-bond donors (Lipinski definition) is 1. The van der Waals surface area contributed by atoms with Gasteiger partial charge in [0.2, 0.25) is 0 Å². The Morgan fingerprint density at radius 2 is 2.10 bits per heavy atom. The summed E-state index contributed by atoms with van der Waals surface area (Å²) in [6.45, 7) is 4.46. The van der Waals surface area contributed by atoms with Crippen LogP contribution >= 0.6 is 0 Å². The van der Waals surface area contributed by atoms with Crippen LogP contribution in [0.2, 0.25) is 0 Å². The smallest absolute Gasteiger partial charge is 0.0691 e. The molecule has 1 unspecified atom stereocenters. The minimum absolute atomic E-state index is 0.318. The summed E-state index contributed by atoms with van der Waals surface area (Å²) in [5.41, 5.74) is 0. The zero-order chi connectivity index (χ0) is 7.56. The minimum atomic E-state index is 0.318. The molecule has 1 fully saturated rings. The minimum Gasteiger partial charge on any atom is -0.301 e. The summed E-state index contributed by atoms with van der Waals surface area (Å²) in [6, 6.07) is 0.920. The predicted molar refractivity (Wildman–Crippen MR) is 43.6 cm³/mol. The maximum atomic E-state index is 5.32. The zero-order valence-corrected chi connectivity index (χ0v) is 6.72. The quantitative estimate of drug-likeness (QED) is 0.498. The summed E-state index contributed by atoms with van der Waals surface area (Å²) >= 11 is 0. The van der Waals surface area contributed by atoms with E-state index in [1.165, 1.54) is 6.42 Å². The SMILES string of the molecule is C#C[C@H]1CC(C)C[C@H](C)N1. The van der Waals surface area contributed by atoms with E-state index < -0.39 is 0 Å². The highest BCUT2D eigenvalue weighted by molar-refractivity contribution is 5.02. The summed E-state index contributed by atoms with van der Waals surface area (Å²) in [4.78, 5) is 0. The van der Waals surface area contributed by atoms with E-state index in [0.29, 0.717) is 12.1 Å². The highest BCUT2D eigenvalue weighted by Gasteiger charge is 2.20. The summed E-state index contributed by atoms with van der Waals surface area (Å²) in [5, 5.41) is 3.36. The van der Waals surface area contributed by atoms with E-state index >= 15 is 0 Å². The molecule has 10 heavy (non-hydrogen) atoms. The topological polar surface area (TPSA) is 12.0 Å². The number of piperidine rings is 1. The molecule has 1 N–H and O–H groups in total. The lowest BCUT2D eigenvalue weighted by Gasteiger charge is -2.29. The molecular formula is C9H15N. The standard InChI is InChI=1S/C9H15N/c1-4-9-6-7(2)5-8(3)10-9/h1,7-10H,5-6H2,2-3H3/t7?,8-,9-/m0/s1. The Morgan fingerprint density at radius 1 is 1.40 bits per heavy atom. The van der Waals surface area contributed by atoms with Crippen molar-refractivity contribution in [3.8, 4) is 12.3 Å². The fourth-order valence-corrected chi connectivity index (χ4v) is 1.70. The van der Waals surface area contributed by atoms with Crippen LogP contribution < -0.4 is 5.32 Å². The van der Waals surface area contributed by atoms with Crippen LogP contribution in [0.1, 0.15) is 26.7 Å². The molecule has 0 aromatic carbocycles. The predicted octanol–water partition coefficient (Wildman–Crippen LogP) is 1.40. The van der Waals surface area contributed by atoms with Gasteiger partial charge in [0, 0.05) is 6.04 Å². The van der Waals surface area contributed by atoms with Gasteiger partial charge in [-0.25, -0.2) is 0 Å². The lowest BCUT2D eigenvalue weighted by Crippen LogP contribution is -2.42. The van der Waals surface area contributed by atoms with Gasteiger partial charge < -0.3 is 5.32 Å². The second-order valence-corrected chi connectivity index (χ2v) is 3.36. The van der Waals surface area contributed by atoms with Crippen molar-refractivity contribution < 1.29 is 0 Å². The Kier molecular flexibility index (Phi) is 2.34. The van der Waals surface area contributed by atoms with Crippen LogP contribution in [0, 0.1) is 18.3 Å². The van der Waals surface area contributed by atoms with Gasteiger partial charge >= 0.3 is 0 Å². The van der Waals surface area contributed by atoms with Crippen LogP contribution in [0.4, 0.5) is 0 Å². The molecule has 0 saturated carbocycles. The van der Waals surface area contributed by atoms with Gasteiger partial charge in [0.15, 0.2) is 0 Å². The van der Waals surface area contributed by atoms with Crippen molar-refractivity contribution >= 4 is 0 Å². The second kappa shape index (κ2) is 3.07. The highest BCUT2D eigenvalue weighted by Crippen LogP contribution is 2.18. The van der Waals surface area contributed by atoms with Crippen LogP contribution in [0.5, 0.6) is 0 Å². The zero-order valence-electron chi connectivity index (χ0n) is 6.72. The molecule has 1 saturated heterocycles. The molecule has 0 amide bonds. The van der Waals surface area contributed by atoms with Crippen LogP contribution in [-0.2, 0) is 0 Å². The van der Waals surface area contributed by atoms with Gasteiger partial charge in [0.05, 0.1) is 6.04 Å². The Hall–Kier alpha value is -0.480. The fourth-order valence-electron chi connectivity index (χ4n) is 1.70. The van der Waals surface area contributed by atoms with Crippen molar-refractivity contribution in [1.82, 2.24) is 5.32 Å². The monoisotopic (exact) mass is 137 g/mol. The molecular weight excluding hydrogens is 122 g/mol. The van der Waals surface area contributed by atoms with E-state index in [9.17, 15) is 0 Å². The molecule has 0 aromatic rings. The largest absolute Gasteiger partial charge is 0.301 e. The summed E-state index contributed by atoms with van der Waals surface area (Å²) in [5.74, 6) is 3.54. The summed E-state index contributed by atoms with van der Waals surface area (Å²) in [6.07, 6.45) is 7.72. The molecule has 56 valence electrons. The number of terminal acetylenes is 1. The van der Waals surface area contributed by atoms with Crippen molar-refractivity contribution in [3.05, 3.63) is 0 Å². The van der Waals surface area contributed by atoms with Crippen molar-refractivity contribution in [1.29, 1.82) is 0 Å². The first kappa shape index (κ1) is 7.63. The van der Waals surface area contributed by atoms with Crippen LogP contribution in [0.25, 0.3) is 0 Å². The third-order valence-corrected chi connectivity index (χ3v) is 2.08. The Morgan fingerprint density at radius 3 is 2.60 bits per heavy atom. The average molecular weight is 137 g/mol. The molecule has 0 bridgehead atoms. The van der Waals surface area contributed by atoms with Gasteiger partial charge in [0.25, 0.3) is 0 Å². The average Bonchev–Trinajstić information content (AvgIpc) is 1.85. The molecule has 0 radical (unpaired) electrons. The first-order valence-corrected chi connectivity index (χ1v) is 3.94. The number of nitrogens with one attached hydrogen (secondary N) is 1. The lowest BCUT2D eigenvalue weighted by atomic mass is 9.90. The Labute approximate surface area is 63.2 Å². The molecule has 1 aliphatic rings. The van der Waals surface area contributed by atoms with Crippen molar-refractivity contribution in [2.45, 2.75) is 38.8 Å². The van der Waals surface area contributed by atoms with Crippen LogP contribution in [0.15, 0.2) is 0 Å². The van der Waals surface area contributed by atoms with Gasteiger partial charge in [-0.2, -0.15) is 0 Å². The lowest BCUT2D eigenvalue weighted by molar-refractivity contribution is 0.302. The van der Waals surface area contributed by atoms with Crippen molar-refractivity contribution in [2.24, 2.45) is 5.92 Å². The molecule has 3 atom stereocenters. The summed E-state index contributed by atoms with van der Waals surface area (Å²) in [7, 11) is 0. The van der Waals surface area contributed by atoms with Crippen LogP contribution in [0.3, 0.4) is 0 Å². The molecule has 1 aliphatic heterocycles. The highest BCUT2D eigenvalue weighted by atomic mass is 14.9. The van der Waals surface area contributed by atoms with E-state index in [-0.39, 0.29) is 0 Å². The van der Waals surface area contributed by atoms with E-state index in [0.717, 1.165) is 12.3 Å². The second-order valence-electron chi connectivity index (χ2n) is 3.36. The third kappa shape index (κ3) is 1.75. The molecule has 0 aliphatic carbocycles. The maximum absolute atomic E-state index is 5.32.